The van der Waals surface area contributed by atoms with Crippen LogP contribution in [0.5, 0.6) is 0 Å². The van der Waals surface area contributed by atoms with Crippen LogP contribution in [0.15, 0.2) is 27.3 Å². The van der Waals surface area contributed by atoms with Gasteiger partial charge in [-0.25, -0.2) is 0 Å². The van der Waals surface area contributed by atoms with Gasteiger partial charge in [0.1, 0.15) is 0 Å². The number of hydrogen-bond acceptors (Lipinski definition) is 4. The minimum absolute atomic E-state index is 0.524. The molecule has 2 heterocycles. The fraction of sp³-hybridized carbons (Fsp3) is 0.500. The summed E-state index contributed by atoms with van der Waals surface area (Å²) in [4.78, 5) is 2.88. The van der Waals surface area contributed by atoms with E-state index in [-0.39, 0.29) is 0 Å². The maximum absolute atomic E-state index is 12.0. The van der Waals surface area contributed by atoms with Crippen LogP contribution in [0.2, 0.25) is 0 Å². The highest BCUT2D eigenvalue weighted by molar-refractivity contribution is 9.10. The number of aromatic nitrogens is 2. The van der Waals surface area contributed by atoms with Crippen molar-refractivity contribution in [1.29, 1.82) is 0 Å². The van der Waals surface area contributed by atoms with Gasteiger partial charge in [-0.1, -0.05) is 28.8 Å². The Balaban J connectivity index is 1.88. The van der Waals surface area contributed by atoms with E-state index in [9.17, 15) is 5.21 Å². The zero-order chi connectivity index (χ0) is 15.5. The molecule has 2 aromatic rings. The normalized spacial score (nSPS) is 16.6. The van der Waals surface area contributed by atoms with Gasteiger partial charge in [-0.3, -0.25) is 9.53 Å². The number of likely N-dealkylation sites (tertiary alicyclic amines) is 1. The van der Waals surface area contributed by atoms with Crippen LogP contribution in [-0.2, 0) is 6.54 Å². The molecule has 0 spiro atoms. The summed E-state index contributed by atoms with van der Waals surface area (Å²) in [6.45, 7) is 4.79. The molecule has 0 N–H and O–H groups in total. The molecule has 6 heteroatoms. The number of hydrogen-bond donors (Lipinski definition) is 0. The molecule has 0 bridgehead atoms. The van der Waals surface area contributed by atoms with Crippen molar-refractivity contribution in [2.45, 2.75) is 39.2 Å². The third kappa shape index (κ3) is 3.33. The number of rotatable bonds is 3. The van der Waals surface area contributed by atoms with Gasteiger partial charge in [0.15, 0.2) is 0 Å². The van der Waals surface area contributed by atoms with E-state index in [1.54, 1.807) is 0 Å². The predicted molar refractivity (Wildman–Crippen MR) is 87.1 cm³/mol. The largest absolute Gasteiger partial charge is 0.359 e. The second-order valence-electron chi connectivity index (χ2n) is 5.88. The van der Waals surface area contributed by atoms with Crippen molar-refractivity contribution in [3.05, 3.63) is 39.1 Å². The molecule has 1 aromatic heterocycles. The Hall–Kier alpha value is -1.40. The summed E-state index contributed by atoms with van der Waals surface area (Å²) in [5.41, 5.74) is 3.18. The Morgan fingerprint density at radius 3 is 2.68 bits per heavy atom. The van der Waals surface area contributed by atoms with Crippen LogP contribution in [0.25, 0.3) is 11.3 Å². The van der Waals surface area contributed by atoms with E-state index in [1.807, 2.05) is 25.1 Å². The van der Waals surface area contributed by atoms with E-state index in [4.69, 9.17) is 4.63 Å². The molecule has 22 heavy (non-hydrogen) atoms. The Morgan fingerprint density at radius 1 is 1.27 bits per heavy atom. The summed E-state index contributed by atoms with van der Waals surface area (Å²) in [5, 5.41) is 16.0. The minimum atomic E-state index is 0.524. The van der Waals surface area contributed by atoms with E-state index in [1.165, 1.54) is 25.7 Å². The molecule has 0 amide bonds. The van der Waals surface area contributed by atoms with Gasteiger partial charge >= 0.3 is 0 Å². The smallest absolute Gasteiger partial charge is 0.240 e. The lowest BCUT2D eigenvalue weighted by molar-refractivity contribution is -0.793. The fourth-order valence-corrected chi connectivity index (χ4v) is 3.20. The van der Waals surface area contributed by atoms with Crippen molar-refractivity contribution in [1.82, 2.24) is 10.1 Å². The maximum atomic E-state index is 12.0. The number of aryl methyl sites for hydroxylation is 1. The summed E-state index contributed by atoms with van der Waals surface area (Å²) in [6, 6.07) is 5.86. The van der Waals surface area contributed by atoms with Gasteiger partial charge in [-0.05, 0) is 61.5 Å². The van der Waals surface area contributed by atoms with Gasteiger partial charge in [0.2, 0.25) is 11.4 Å². The highest BCUT2D eigenvalue weighted by Crippen LogP contribution is 2.26. The van der Waals surface area contributed by atoms with Crippen molar-refractivity contribution in [3.8, 4) is 11.3 Å². The first-order chi connectivity index (χ1) is 10.6. The van der Waals surface area contributed by atoms with Crippen molar-refractivity contribution in [2.75, 3.05) is 13.1 Å². The third-order valence-electron chi connectivity index (χ3n) is 4.18. The number of nitrogens with zero attached hydrogens (tertiary/aromatic N) is 3. The van der Waals surface area contributed by atoms with Crippen LogP contribution < -0.4 is 4.90 Å². The maximum Gasteiger partial charge on any atom is 0.240 e. The van der Waals surface area contributed by atoms with Gasteiger partial charge in [-0.15, -0.1) is 0 Å². The summed E-state index contributed by atoms with van der Waals surface area (Å²) >= 11 is 3.49. The van der Waals surface area contributed by atoms with Crippen LogP contribution in [0, 0.1) is 12.1 Å². The van der Waals surface area contributed by atoms with Gasteiger partial charge in [-0.2, -0.15) is 0 Å². The molecule has 0 radical (unpaired) electrons. The van der Waals surface area contributed by atoms with E-state index >= 15 is 0 Å². The summed E-state index contributed by atoms with van der Waals surface area (Å²) in [6.07, 6.45) is 5.00. The average Bonchev–Trinajstić information content (AvgIpc) is 2.71. The fourth-order valence-electron chi connectivity index (χ4n) is 2.95. The molecule has 3 rings (SSSR count). The van der Waals surface area contributed by atoms with Crippen molar-refractivity contribution < 1.29 is 9.53 Å². The van der Waals surface area contributed by atoms with Gasteiger partial charge in [0.05, 0.1) is 6.54 Å². The molecular formula is C16H20BrN3O2. The molecule has 5 nitrogen and oxygen atoms in total. The summed E-state index contributed by atoms with van der Waals surface area (Å²) in [5.74, 6) is 0. The van der Waals surface area contributed by atoms with E-state index < -0.39 is 0 Å². The first kappa shape index (κ1) is 15.5. The van der Waals surface area contributed by atoms with Gasteiger partial charge in [0.25, 0.3) is 0 Å². The number of benzene rings is 1. The third-order valence-corrected chi connectivity index (χ3v) is 5.07. The second-order valence-corrected chi connectivity index (χ2v) is 6.73. The van der Waals surface area contributed by atoms with E-state index in [0.29, 0.717) is 17.1 Å². The molecule has 0 atom stereocenters. The molecule has 0 saturated carbocycles. The first-order valence-corrected chi connectivity index (χ1v) is 8.52. The lowest BCUT2D eigenvalue weighted by Gasteiger charge is -2.16. The highest BCUT2D eigenvalue weighted by Gasteiger charge is 2.24. The topological polar surface area (TPSA) is 56.2 Å². The molecule has 1 aliphatic rings. The molecule has 1 aromatic carbocycles. The molecule has 1 saturated heterocycles. The lowest BCUT2D eigenvalue weighted by Crippen LogP contribution is -2.28. The van der Waals surface area contributed by atoms with Crippen LogP contribution in [0.4, 0.5) is 0 Å². The molecule has 118 valence electrons. The Bertz CT molecular complexity index is 649. The lowest BCUT2D eigenvalue weighted by atomic mass is 10.1. The zero-order valence-corrected chi connectivity index (χ0v) is 14.3. The summed E-state index contributed by atoms with van der Waals surface area (Å²) in [7, 11) is 0. The number of halogens is 1. The monoisotopic (exact) mass is 365 g/mol. The molecule has 0 unspecified atom stereocenters. The van der Waals surface area contributed by atoms with Crippen molar-refractivity contribution >= 4 is 15.9 Å². The quantitative estimate of drug-likeness (QED) is 0.781. The van der Waals surface area contributed by atoms with E-state index in [0.717, 1.165) is 34.4 Å². The Labute approximate surface area is 138 Å². The Morgan fingerprint density at radius 2 is 2.00 bits per heavy atom. The van der Waals surface area contributed by atoms with Crippen molar-refractivity contribution in [3.63, 3.8) is 0 Å². The minimum Gasteiger partial charge on any atom is -0.359 e. The Kier molecular flexibility index (Phi) is 4.78. The van der Waals surface area contributed by atoms with Gasteiger partial charge < -0.3 is 5.21 Å². The second kappa shape index (κ2) is 6.79. The van der Waals surface area contributed by atoms with Crippen LogP contribution in [0.3, 0.4) is 0 Å². The SMILES string of the molecule is Cc1cc(-c2c(CN3CCCCCC3)no[n+]2[O-])ccc1Br. The molecule has 1 aliphatic heterocycles. The van der Waals surface area contributed by atoms with Crippen LogP contribution in [0.1, 0.15) is 36.9 Å². The average molecular weight is 366 g/mol. The van der Waals surface area contributed by atoms with Crippen LogP contribution >= 0.6 is 15.9 Å². The molecule has 1 fully saturated rings. The highest BCUT2D eigenvalue weighted by atomic mass is 79.9. The first-order valence-electron chi connectivity index (χ1n) is 7.72. The standard InChI is InChI=1S/C16H20BrN3O2/c1-12-10-13(6-7-14(12)17)16-15(18-22-20(16)21)11-19-8-4-2-3-5-9-19/h6-7,10H,2-5,8-9,11H2,1H3. The predicted octanol–water partition coefficient (Wildman–Crippen LogP) is 3.42. The van der Waals surface area contributed by atoms with Crippen LogP contribution in [-0.4, -0.2) is 23.1 Å². The van der Waals surface area contributed by atoms with E-state index in [2.05, 4.69) is 26.0 Å². The summed E-state index contributed by atoms with van der Waals surface area (Å²) < 4.78 is 5.89. The zero-order valence-electron chi connectivity index (χ0n) is 12.7. The molecule has 0 aliphatic carbocycles. The van der Waals surface area contributed by atoms with Crippen molar-refractivity contribution in [2.24, 2.45) is 0 Å². The van der Waals surface area contributed by atoms with Gasteiger partial charge in [0, 0.05) is 15.2 Å². The molecular weight excluding hydrogens is 346 g/mol.